The molecule has 0 saturated carbocycles. The average Bonchev–Trinajstić information content (AvgIpc) is 3.28. The smallest absolute Gasteiger partial charge is 0.305 e. The van der Waals surface area contributed by atoms with E-state index >= 15 is 0 Å². The zero-order valence-electron chi connectivity index (χ0n) is 26.9. The molecule has 4 nitrogen and oxygen atoms in total. The molecule has 230 valence electrons. The van der Waals surface area contributed by atoms with E-state index in [1.165, 1.54) is 160 Å². The maximum Gasteiger partial charge on any atom is 0.305 e. The van der Waals surface area contributed by atoms with Crippen molar-refractivity contribution in [3.05, 3.63) is 0 Å². The van der Waals surface area contributed by atoms with Gasteiger partial charge >= 0.3 is 5.97 Å². The van der Waals surface area contributed by atoms with Gasteiger partial charge in [-0.05, 0) is 12.8 Å². The van der Waals surface area contributed by atoms with Gasteiger partial charge in [0.15, 0.2) is 0 Å². The van der Waals surface area contributed by atoms with E-state index in [9.17, 15) is 4.79 Å². The molecule has 1 heterocycles. The second kappa shape index (κ2) is 27.1. The fraction of sp³-hybridized carbons (Fsp3) is 0.943. The number of amidine groups is 1. The Hall–Kier alpha value is -1.06. The van der Waals surface area contributed by atoms with Gasteiger partial charge in [0.25, 0.3) is 0 Å². The molecule has 1 aliphatic rings. The van der Waals surface area contributed by atoms with Crippen LogP contribution in [0.3, 0.4) is 0 Å². The Kier molecular flexibility index (Phi) is 25.0. The number of carbonyl (C=O) groups excluding carboxylic acids is 1. The zero-order valence-corrected chi connectivity index (χ0v) is 26.9. The highest BCUT2D eigenvalue weighted by atomic mass is 16.5. The second-order valence-electron chi connectivity index (χ2n) is 12.3. The number of nitrogens with zero attached hydrogens (tertiary/aromatic N) is 2. The highest BCUT2D eigenvalue weighted by Gasteiger charge is 2.27. The molecule has 39 heavy (non-hydrogen) atoms. The van der Waals surface area contributed by atoms with Crippen LogP contribution >= 0.6 is 0 Å². The van der Waals surface area contributed by atoms with Crippen molar-refractivity contribution in [3.8, 4) is 0 Å². The minimum Gasteiger partial charge on any atom is -0.462 e. The maximum atomic E-state index is 12.2. The molecule has 0 atom stereocenters. The third kappa shape index (κ3) is 21.4. The lowest BCUT2D eigenvalue weighted by Gasteiger charge is -2.14. The molecular formula is C35H69N2O2+. The van der Waals surface area contributed by atoms with Crippen LogP contribution in [-0.2, 0) is 9.53 Å². The first-order valence-electron chi connectivity index (χ1n) is 17.7. The Labute approximate surface area is 244 Å². The van der Waals surface area contributed by atoms with Gasteiger partial charge in [0.2, 0.25) is 5.84 Å². The molecule has 0 unspecified atom stereocenters. The minimum atomic E-state index is -0.00322. The number of carbonyl (C=O) groups is 1. The highest BCUT2D eigenvalue weighted by molar-refractivity contribution is 5.78. The summed E-state index contributed by atoms with van der Waals surface area (Å²) >= 11 is 0. The predicted molar refractivity (Wildman–Crippen MR) is 170 cm³/mol. The van der Waals surface area contributed by atoms with Crippen molar-refractivity contribution in [2.45, 2.75) is 181 Å². The van der Waals surface area contributed by atoms with Crippen LogP contribution in [-0.4, -0.2) is 54.6 Å². The molecule has 0 amide bonds. The number of likely N-dealkylation sites (N-methyl/N-ethyl adjacent to an activating group) is 1. The lowest BCUT2D eigenvalue weighted by Crippen LogP contribution is -2.32. The van der Waals surface area contributed by atoms with Gasteiger partial charge in [0, 0.05) is 12.8 Å². The van der Waals surface area contributed by atoms with Gasteiger partial charge in [-0.3, -0.25) is 14.3 Å². The summed E-state index contributed by atoms with van der Waals surface area (Å²) in [6, 6.07) is 0. The molecule has 0 aromatic heterocycles. The van der Waals surface area contributed by atoms with Crippen molar-refractivity contribution >= 4 is 11.8 Å². The molecule has 0 N–H and O–H groups in total. The standard InChI is InChI=1S/C35H69N2O2/c1-4-6-8-10-12-14-16-17-19-20-22-24-26-28-34-36(3)30-31-37(34)32-33-39-35(38)29-27-25-23-21-18-15-13-11-9-7-5-2/h4-33H2,1-3H3/q+1. The van der Waals surface area contributed by atoms with Gasteiger partial charge in [-0.15, -0.1) is 0 Å². The summed E-state index contributed by atoms with van der Waals surface area (Å²) in [4.78, 5) is 14.6. The van der Waals surface area contributed by atoms with Crippen molar-refractivity contribution in [1.29, 1.82) is 0 Å². The van der Waals surface area contributed by atoms with Crippen molar-refractivity contribution in [2.75, 3.05) is 33.3 Å². The first-order chi connectivity index (χ1) is 19.2. The van der Waals surface area contributed by atoms with Crippen LogP contribution in [0.15, 0.2) is 0 Å². The lowest BCUT2D eigenvalue weighted by molar-refractivity contribution is -0.487. The monoisotopic (exact) mass is 550 g/mol. The maximum absolute atomic E-state index is 12.2. The number of esters is 1. The predicted octanol–water partition coefficient (Wildman–Crippen LogP) is 10.1. The quantitative estimate of drug-likeness (QED) is 0.0528. The van der Waals surface area contributed by atoms with Gasteiger partial charge in [0.05, 0.1) is 7.05 Å². The first-order valence-corrected chi connectivity index (χ1v) is 17.7. The van der Waals surface area contributed by atoms with E-state index in [0.717, 1.165) is 26.1 Å². The van der Waals surface area contributed by atoms with Crippen LogP contribution in [0.1, 0.15) is 181 Å². The van der Waals surface area contributed by atoms with E-state index < -0.39 is 0 Å². The number of hydrogen-bond acceptors (Lipinski definition) is 3. The van der Waals surface area contributed by atoms with Crippen LogP contribution in [0.2, 0.25) is 0 Å². The molecule has 0 fully saturated rings. The van der Waals surface area contributed by atoms with Gasteiger partial charge in [-0.1, -0.05) is 155 Å². The van der Waals surface area contributed by atoms with E-state index in [4.69, 9.17) is 4.74 Å². The molecule has 0 saturated heterocycles. The highest BCUT2D eigenvalue weighted by Crippen LogP contribution is 2.15. The molecule has 0 bridgehead atoms. The fourth-order valence-corrected chi connectivity index (χ4v) is 5.94. The fourth-order valence-electron chi connectivity index (χ4n) is 5.94. The number of hydrogen-bond donors (Lipinski definition) is 0. The van der Waals surface area contributed by atoms with Crippen LogP contribution in [0.25, 0.3) is 0 Å². The van der Waals surface area contributed by atoms with E-state index in [0.29, 0.717) is 13.0 Å². The largest absolute Gasteiger partial charge is 0.462 e. The average molecular weight is 550 g/mol. The Morgan fingerprint density at radius 1 is 0.641 bits per heavy atom. The van der Waals surface area contributed by atoms with Crippen molar-refractivity contribution in [1.82, 2.24) is 4.90 Å². The SMILES string of the molecule is CCCCCCCCCCCCCCCC1=[N+](C)CCN1CCOC(=O)CCCCCCCCCCCCC. The Bertz CT molecular complexity index is 589. The molecule has 0 aromatic rings. The van der Waals surface area contributed by atoms with Gasteiger partial charge in [-0.25, -0.2) is 0 Å². The summed E-state index contributed by atoms with van der Waals surface area (Å²) < 4.78 is 8.00. The Morgan fingerprint density at radius 3 is 1.51 bits per heavy atom. The zero-order chi connectivity index (χ0) is 28.2. The van der Waals surface area contributed by atoms with E-state index in [2.05, 4.69) is 30.4 Å². The molecule has 1 rings (SSSR count). The van der Waals surface area contributed by atoms with Crippen molar-refractivity contribution < 1.29 is 14.1 Å². The molecule has 0 aromatic carbocycles. The normalized spacial score (nSPS) is 13.6. The van der Waals surface area contributed by atoms with Gasteiger partial charge < -0.3 is 4.74 Å². The molecule has 1 aliphatic heterocycles. The van der Waals surface area contributed by atoms with Gasteiger partial charge in [0.1, 0.15) is 26.2 Å². The second-order valence-corrected chi connectivity index (χ2v) is 12.3. The van der Waals surface area contributed by atoms with E-state index in [1.807, 2.05) is 0 Å². The Balaban J connectivity index is 1.95. The number of rotatable bonds is 29. The molecule has 0 spiro atoms. The summed E-state index contributed by atoms with van der Waals surface area (Å²) in [6.45, 7) is 8.12. The summed E-state index contributed by atoms with van der Waals surface area (Å²) in [5.74, 6) is 1.45. The van der Waals surface area contributed by atoms with E-state index in [1.54, 1.807) is 0 Å². The lowest BCUT2D eigenvalue weighted by atomic mass is 10.0. The van der Waals surface area contributed by atoms with E-state index in [-0.39, 0.29) is 5.97 Å². The van der Waals surface area contributed by atoms with Crippen molar-refractivity contribution in [3.63, 3.8) is 0 Å². The summed E-state index contributed by atoms with van der Waals surface area (Å²) in [7, 11) is 2.22. The molecule has 0 aliphatic carbocycles. The molecular weight excluding hydrogens is 480 g/mol. The summed E-state index contributed by atoms with van der Waals surface area (Å²) in [5.41, 5.74) is 0. The minimum absolute atomic E-state index is 0.00322. The number of ether oxygens (including phenoxy) is 1. The van der Waals surface area contributed by atoms with Crippen LogP contribution in [0, 0.1) is 0 Å². The Morgan fingerprint density at radius 2 is 1.05 bits per heavy atom. The van der Waals surface area contributed by atoms with Crippen LogP contribution < -0.4 is 0 Å². The third-order valence-electron chi connectivity index (χ3n) is 8.62. The number of unbranched alkanes of at least 4 members (excludes halogenated alkanes) is 22. The molecule has 0 radical (unpaired) electrons. The van der Waals surface area contributed by atoms with Gasteiger partial charge in [-0.2, -0.15) is 0 Å². The summed E-state index contributed by atoms with van der Waals surface area (Å²) in [6.07, 6.45) is 34.4. The van der Waals surface area contributed by atoms with Crippen LogP contribution in [0.5, 0.6) is 0 Å². The summed E-state index contributed by atoms with van der Waals surface area (Å²) in [5, 5.41) is 0. The molecule has 4 heteroatoms. The first kappa shape index (κ1) is 36.0. The topological polar surface area (TPSA) is 32.5 Å². The van der Waals surface area contributed by atoms with Crippen molar-refractivity contribution in [2.24, 2.45) is 0 Å². The van der Waals surface area contributed by atoms with Crippen LogP contribution in [0.4, 0.5) is 0 Å². The third-order valence-corrected chi connectivity index (χ3v) is 8.62.